The first kappa shape index (κ1) is 17.3. The summed E-state index contributed by atoms with van der Waals surface area (Å²) < 4.78 is 7.06. The Kier molecular flexibility index (Phi) is 4.88. The van der Waals surface area contributed by atoms with Gasteiger partial charge < -0.3 is 9.32 Å². The Morgan fingerprint density at radius 2 is 2.04 bits per heavy atom. The zero-order chi connectivity index (χ0) is 18.6. The molecule has 8 heteroatoms. The Labute approximate surface area is 160 Å². The molecule has 3 aromatic heterocycles. The minimum absolute atomic E-state index is 0.00128. The van der Waals surface area contributed by atoms with E-state index in [1.165, 1.54) is 18.1 Å². The first-order valence-corrected chi connectivity index (χ1v) is 9.34. The molecule has 0 aliphatic rings. The highest BCUT2D eigenvalue weighted by molar-refractivity contribution is 8.00. The van der Waals surface area contributed by atoms with Crippen LogP contribution in [-0.4, -0.2) is 43.4 Å². The van der Waals surface area contributed by atoms with E-state index in [4.69, 9.17) is 4.42 Å². The maximum atomic E-state index is 12.4. The summed E-state index contributed by atoms with van der Waals surface area (Å²) in [4.78, 5) is 22.7. The van der Waals surface area contributed by atoms with Crippen LogP contribution in [0.15, 0.2) is 70.7 Å². The largest absolute Gasteiger partial charge is 0.467 e. The van der Waals surface area contributed by atoms with E-state index in [0.29, 0.717) is 6.54 Å². The Hall–Kier alpha value is -3.13. The molecule has 0 aliphatic carbocycles. The molecule has 0 unspecified atom stereocenters. The van der Waals surface area contributed by atoms with Gasteiger partial charge in [0.25, 0.3) is 0 Å². The van der Waals surface area contributed by atoms with Gasteiger partial charge in [0.2, 0.25) is 5.91 Å². The second-order valence-corrected chi connectivity index (χ2v) is 6.89. The number of nitrogens with zero attached hydrogens (tertiary/aromatic N) is 5. The summed E-state index contributed by atoms with van der Waals surface area (Å²) >= 11 is 1.38. The molecule has 3 heterocycles. The van der Waals surface area contributed by atoms with Gasteiger partial charge in [-0.25, -0.2) is 14.6 Å². The molecular formula is C19H17N5O2S. The van der Waals surface area contributed by atoms with Crippen LogP contribution in [0.25, 0.3) is 16.7 Å². The van der Waals surface area contributed by atoms with Gasteiger partial charge in [0, 0.05) is 7.05 Å². The molecule has 0 radical (unpaired) electrons. The number of hydrogen-bond donors (Lipinski definition) is 0. The van der Waals surface area contributed by atoms with Crippen molar-refractivity contribution in [2.24, 2.45) is 0 Å². The predicted molar refractivity (Wildman–Crippen MR) is 103 cm³/mol. The lowest BCUT2D eigenvalue weighted by Gasteiger charge is -2.15. The number of carbonyl (C=O) groups excluding carboxylic acids is 1. The fourth-order valence-corrected chi connectivity index (χ4v) is 3.56. The molecular weight excluding hydrogens is 362 g/mol. The zero-order valence-corrected chi connectivity index (χ0v) is 15.5. The Balaban J connectivity index is 1.49. The van der Waals surface area contributed by atoms with E-state index < -0.39 is 0 Å². The van der Waals surface area contributed by atoms with Crippen LogP contribution < -0.4 is 0 Å². The van der Waals surface area contributed by atoms with Gasteiger partial charge >= 0.3 is 0 Å². The minimum atomic E-state index is -0.00128. The lowest BCUT2D eigenvalue weighted by molar-refractivity contribution is -0.127. The molecule has 0 N–H and O–H groups in total. The highest BCUT2D eigenvalue weighted by Crippen LogP contribution is 2.26. The van der Waals surface area contributed by atoms with E-state index in [9.17, 15) is 4.79 Å². The third-order valence-electron chi connectivity index (χ3n) is 4.06. The van der Waals surface area contributed by atoms with Crippen molar-refractivity contribution in [3.8, 4) is 5.69 Å². The van der Waals surface area contributed by atoms with Gasteiger partial charge in [0.05, 0.1) is 35.8 Å². The van der Waals surface area contributed by atoms with Crippen LogP contribution in [0.1, 0.15) is 5.76 Å². The molecule has 1 aromatic carbocycles. The molecule has 0 spiro atoms. The van der Waals surface area contributed by atoms with Crippen molar-refractivity contribution in [3.63, 3.8) is 0 Å². The van der Waals surface area contributed by atoms with Crippen molar-refractivity contribution in [1.29, 1.82) is 0 Å². The molecule has 0 saturated carbocycles. The molecule has 136 valence electrons. The maximum absolute atomic E-state index is 12.4. The van der Waals surface area contributed by atoms with E-state index in [2.05, 4.69) is 15.1 Å². The van der Waals surface area contributed by atoms with E-state index in [1.54, 1.807) is 29.1 Å². The molecule has 0 atom stereocenters. The lowest BCUT2D eigenvalue weighted by atomic mass is 10.3. The monoisotopic (exact) mass is 379 g/mol. The van der Waals surface area contributed by atoms with Crippen molar-refractivity contribution in [3.05, 3.63) is 67.0 Å². The highest BCUT2D eigenvalue weighted by Gasteiger charge is 2.15. The van der Waals surface area contributed by atoms with Crippen LogP contribution >= 0.6 is 11.8 Å². The molecule has 4 aromatic rings. The third-order valence-corrected chi connectivity index (χ3v) is 5.05. The van der Waals surface area contributed by atoms with Gasteiger partial charge in [0.15, 0.2) is 5.65 Å². The van der Waals surface area contributed by atoms with E-state index in [1.807, 2.05) is 42.5 Å². The summed E-state index contributed by atoms with van der Waals surface area (Å²) in [5.41, 5.74) is 1.64. The summed E-state index contributed by atoms with van der Waals surface area (Å²) in [6, 6.07) is 13.5. The number of benzene rings is 1. The molecule has 0 fully saturated rings. The molecule has 7 nitrogen and oxygen atoms in total. The standard InChI is InChI=1S/C19H17N5O2S/c1-23(11-15-8-5-9-26-15)17(25)12-27-19-16-10-22-24(18(16)20-13-21-19)14-6-3-2-4-7-14/h2-10,13H,11-12H2,1H3. The smallest absolute Gasteiger partial charge is 0.233 e. The van der Waals surface area contributed by atoms with Gasteiger partial charge in [-0.3, -0.25) is 4.79 Å². The van der Waals surface area contributed by atoms with E-state index in [-0.39, 0.29) is 11.7 Å². The molecule has 1 amide bonds. The van der Waals surface area contributed by atoms with Gasteiger partial charge in [-0.2, -0.15) is 5.10 Å². The number of aromatic nitrogens is 4. The average molecular weight is 379 g/mol. The Morgan fingerprint density at radius 3 is 2.81 bits per heavy atom. The number of para-hydroxylation sites is 1. The first-order chi connectivity index (χ1) is 13.2. The quantitative estimate of drug-likeness (QED) is 0.378. The van der Waals surface area contributed by atoms with Crippen LogP contribution in [0, 0.1) is 0 Å². The fraction of sp³-hybridized carbons (Fsp3) is 0.158. The topological polar surface area (TPSA) is 77.1 Å². The summed E-state index contributed by atoms with van der Waals surface area (Å²) in [5, 5.41) is 6.00. The summed E-state index contributed by atoms with van der Waals surface area (Å²) in [6.07, 6.45) is 4.84. The van der Waals surface area contributed by atoms with Crippen LogP contribution in [0.3, 0.4) is 0 Å². The third kappa shape index (κ3) is 3.70. The number of amides is 1. The van der Waals surface area contributed by atoms with E-state index >= 15 is 0 Å². The predicted octanol–water partition coefficient (Wildman–Crippen LogP) is 3.16. The van der Waals surface area contributed by atoms with Crippen molar-refractivity contribution < 1.29 is 9.21 Å². The number of fused-ring (bicyclic) bond motifs is 1. The van der Waals surface area contributed by atoms with Crippen LogP contribution in [0.2, 0.25) is 0 Å². The lowest BCUT2D eigenvalue weighted by Crippen LogP contribution is -2.27. The van der Waals surface area contributed by atoms with Gasteiger partial charge in [-0.05, 0) is 24.3 Å². The molecule has 4 rings (SSSR count). The van der Waals surface area contributed by atoms with Crippen molar-refractivity contribution in [2.45, 2.75) is 11.6 Å². The molecule has 0 aliphatic heterocycles. The second-order valence-electron chi connectivity index (χ2n) is 5.93. The highest BCUT2D eigenvalue weighted by atomic mass is 32.2. The maximum Gasteiger partial charge on any atom is 0.233 e. The summed E-state index contributed by atoms with van der Waals surface area (Å²) in [6.45, 7) is 0.442. The summed E-state index contributed by atoms with van der Waals surface area (Å²) in [7, 11) is 1.76. The SMILES string of the molecule is CN(Cc1ccco1)C(=O)CSc1ncnc2c1cnn2-c1ccccc1. The van der Waals surface area contributed by atoms with Gasteiger partial charge in [0.1, 0.15) is 17.1 Å². The van der Waals surface area contributed by atoms with Crippen molar-refractivity contribution >= 4 is 28.7 Å². The second kappa shape index (κ2) is 7.63. The number of furan rings is 1. The zero-order valence-electron chi connectivity index (χ0n) is 14.6. The van der Waals surface area contributed by atoms with Crippen LogP contribution in [0.5, 0.6) is 0 Å². The van der Waals surface area contributed by atoms with Crippen LogP contribution in [-0.2, 0) is 11.3 Å². The molecule has 27 heavy (non-hydrogen) atoms. The Morgan fingerprint density at radius 1 is 1.19 bits per heavy atom. The number of hydrogen-bond acceptors (Lipinski definition) is 6. The Bertz CT molecular complexity index is 1050. The number of thioether (sulfide) groups is 1. The first-order valence-electron chi connectivity index (χ1n) is 8.35. The van der Waals surface area contributed by atoms with E-state index in [0.717, 1.165) is 27.5 Å². The van der Waals surface area contributed by atoms with Gasteiger partial charge in [-0.1, -0.05) is 30.0 Å². The number of carbonyl (C=O) groups is 1. The summed E-state index contributed by atoms with van der Waals surface area (Å²) in [5.74, 6) is 1.03. The molecule has 0 saturated heterocycles. The fourth-order valence-electron chi connectivity index (χ4n) is 2.66. The van der Waals surface area contributed by atoms with Crippen molar-refractivity contribution in [2.75, 3.05) is 12.8 Å². The number of rotatable bonds is 6. The average Bonchev–Trinajstić information content (AvgIpc) is 3.36. The minimum Gasteiger partial charge on any atom is -0.467 e. The molecule has 0 bridgehead atoms. The van der Waals surface area contributed by atoms with Crippen LogP contribution in [0.4, 0.5) is 0 Å². The normalized spacial score (nSPS) is 11.0. The van der Waals surface area contributed by atoms with Crippen molar-refractivity contribution in [1.82, 2.24) is 24.6 Å². The van der Waals surface area contributed by atoms with Gasteiger partial charge in [-0.15, -0.1) is 0 Å².